The number of pyridine rings is 1. The van der Waals surface area contributed by atoms with Gasteiger partial charge in [0.25, 0.3) is 5.92 Å². The van der Waals surface area contributed by atoms with Gasteiger partial charge in [-0.05, 0) is 29.8 Å². The number of amides is 1. The molecule has 0 aliphatic carbocycles. The van der Waals surface area contributed by atoms with Crippen molar-refractivity contribution < 1.29 is 13.6 Å². The molecule has 0 unspecified atom stereocenters. The number of aromatic nitrogens is 5. The Balaban J connectivity index is 1.38. The normalized spacial score (nSPS) is 15.0. The third-order valence-electron chi connectivity index (χ3n) is 6.44. The Kier molecular flexibility index (Phi) is 4.60. The summed E-state index contributed by atoms with van der Waals surface area (Å²) in [6.07, 6.45) is 5.34. The van der Waals surface area contributed by atoms with E-state index in [1.165, 1.54) is 9.13 Å². The zero-order valence-corrected chi connectivity index (χ0v) is 18.7. The number of aryl methyl sites for hydroxylation is 1. The van der Waals surface area contributed by atoms with Crippen LogP contribution in [0.1, 0.15) is 0 Å². The number of alkyl halides is 2. The lowest BCUT2D eigenvalue weighted by atomic mass is 10.0. The van der Waals surface area contributed by atoms with Gasteiger partial charge in [0.15, 0.2) is 0 Å². The molecule has 35 heavy (non-hydrogen) atoms. The highest BCUT2D eigenvalue weighted by Gasteiger charge is 2.46. The third kappa shape index (κ3) is 3.40. The summed E-state index contributed by atoms with van der Waals surface area (Å²) >= 11 is 0. The predicted octanol–water partition coefficient (Wildman–Crippen LogP) is 3.22. The Bertz CT molecular complexity index is 1660. The third-order valence-corrected chi connectivity index (χ3v) is 6.44. The molecule has 6 rings (SSSR count). The summed E-state index contributed by atoms with van der Waals surface area (Å²) < 4.78 is 31.1. The van der Waals surface area contributed by atoms with Crippen molar-refractivity contribution in [1.29, 1.82) is 0 Å². The second-order valence-corrected chi connectivity index (χ2v) is 8.73. The van der Waals surface area contributed by atoms with E-state index in [1.807, 2.05) is 37.4 Å². The minimum absolute atomic E-state index is 0.296. The average molecular weight is 474 g/mol. The molecule has 8 nitrogen and oxygen atoms in total. The van der Waals surface area contributed by atoms with Gasteiger partial charge in [0.1, 0.15) is 6.54 Å². The molecule has 0 atom stereocenters. The van der Waals surface area contributed by atoms with Gasteiger partial charge in [-0.15, -0.1) is 0 Å². The van der Waals surface area contributed by atoms with Crippen LogP contribution in [-0.2, 0) is 18.4 Å². The number of benzene rings is 2. The van der Waals surface area contributed by atoms with Crippen LogP contribution in [0.15, 0.2) is 71.9 Å². The van der Waals surface area contributed by atoms with Gasteiger partial charge >= 0.3 is 5.69 Å². The van der Waals surface area contributed by atoms with Crippen LogP contribution < -0.4 is 5.69 Å². The molecule has 4 heterocycles. The molecule has 10 heteroatoms. The minimum Gasteiger partial charge on any atom is -0.329 e. The Morgan fingerprint density at radius 2 is 1.69 bits per heavy atom. The number of hydrogen-bond donors (Lipinski definition) is 0. The first-order chi connectivity index (χ1) is 16.8. The zero-order valence-electron chi connectivity index (χ0n) is 18.7. The van der Waals surface area contributed by atoms with Crippen LogP contribution in [0.3, 0.4) is 0 Å². The molecule has 1 aliphatic heterocycles. The lowest BCUT2D eigenvalue weighted by Crippen LogP contribution is -2.59. The van der Waals surface area contributed by atoms with Crippen LogP contribution in [0.5, 0.6) is 0 Å². The van der Waals surface area contributed by atoms with E-state index in [4.69, 9.17) is 0 Å². The van der Waals surface area contributed by atoms with Crippen molar-refractivity contribution in [1.82, 2.24) is 28.8 Å². The molecule has 0 saturated carbocycles. The summed E-state index contributed by atoms with van der Waals surface area (Å²) in [6.45, 7) is -1.52. The predicted molar refractivity (Wildman–Crippen MR) is 127 cm³/mol. The molecule has 1 aliphatic rings. The van der Waals surface area contributed by atoms with Crippen LogP contribution >= 0.6 is 0 Å². The Labute approximate surface area is 197 Å². The molecule has 176 valence electrons. The smallest absolute Gasteiger partial charge is 0.329 e. The summed E-state index contributed by atoms with van der Waals surface area (Å²) in [6, 6.07) is 14.6. The molecule has 0 bridgehead atoms. The number of imidazole rings is 1. The summed E-state index contributed by atoms with van der Waals surface area (Å²) in [5.41, 5.74) is 4.17. The highest BCUT2D eigenvalue weighted by molar-refractivity contribution is 5.93. The number of halogens is 2. The van der Waals surface area contributed by atoms with E-state index in [-0.39, 0.29) is 6.54 Å². The van der Waals surface area contributed by atoms with Crippen molar-refractivity contribution in [2.45, 2.75) is 12.5 Å². The fourth-order valence-electron chi connectivity index (χ4n) is 4.61. The number of nitrogens with zero attached hydrogens (tertiary/aromatic N) is 6. The van der Waals surface area contributed by atoms with E-state index in [0.29, 0.717) is 16.7 Å². The lowest BCUT2D eigenvalue weighted by molar-refractivity contribution is -0.166. The van der Waals surface area contributed by atoms with Gasteiger partial charge in [0, 0.05) is 24.2 Å². The minimum atomic E-state index is -2.86. The summed E-state index contributed by atoms with van der Waals surface area (Å²) in [7, 11) is 1.86. The van der Waals surface area contributed by atoms with E-state index in [2.05, 4.69) is 10.1 Å². The second kappa shape index (κ2) is 7.59. The maximum Gasteiger partial charge on any atom is 0.334 e. The molecule has 0 radical (unpaired) electrons. The highest BCUT2D eigenvalue weighted by atomic mass is 19.3. The molecule has 1 saturated heterocycles. The van der Waals surface area contributed by atoms with Crippen molar-refractivity contribution in [2.75, 3.05) is 13.1 Å². The molecule has 3 aromatic heterocycles. The maximum absolute atomic E-state index is 13.4. The largest absolute Gasteiger partial charge is 0.334 e. The van der Waals surface area contributed by atoms with E-state index >= 15 is 0 Å². The molecular weight excluding hydrogens is 454 g/mol. The van der Waals surface area contributed by atoms with E-state index < -0.39 is 30.6 Å². The van der Waals surface area contributed by atoms with Gasteiger partial charge in [-0.1, -0.05) is 24.3 Å². The number of carbonyl (C=O) groups excluding carboxylic acids is 1. The lowest BCUT2D eigenvalue weighted by Gasteiger charge is -2.38. The van der Waals surface area contributed by atoms with Gasteiger partial charge in [0.2, 0.25) is 5.91 Å². The fourth-order valence-corrected chi connectivity index (χ4v) is 4.61. The number of rotatable bonds is 4. The van der Waals surface area contributed by atoms with Crippen LogP contribution in [0.2, 0.25) is 0 Å². The quantitative estimate of drug-likeness (QED) is 0.401. The van der Waals surface area contributed by atoms with Gasteiger partial charge in [0.05, 0.1) is 47.7 Å². The fraction of sp³-hybridized carbons (Fsp3) is 0.200. The number of carbonyl (C=O) groups is 1. The van der Waals surface area contributed by atoms with Crippen molar-refractivity contribution in [2.24, 2.45) is 7.05 Å². The summed E-state index contributed by atoms with van der Waals surface area (Å²) in [5.74, 6) is -3.36. The van der Waals surface area contributed by atoms with Crippen molar-refractivity contribution in [3.05, 3.63) is 77.6 Å². The molecular formula is C25H20F2N6O2. The van der Waals surface area contributed by atoms with Crippen LogP contribution in [0.25, 0.3) is 38.8 Å². The molecule has 1 fully saturated rings. The first kappa shape index (κ1) is 21.2. The van der Waals surface area contributed by atoms with Crippen LogP contribution in [-0.4, -0.2) is 53.7 Å². The highest BCUT2D eigenvalue weighted by Crippen LogP contribution is 2.29. The topological polar surface area (TPSA) is 78.0 Å². The summed E-state index contributed by atoms with van der Waals surface area (Å²) in [4.78, 5) is 31.3. The molecule has 0 N–H and O–H groups in total. The average Bonchev–Trinajstić information content (AvgIpc) is 3.35. The van der Waals surface area contributed by atoms with Gasteiger partial charge in [-0.3, -0.25) is 23.6 Å². The van der Waals surface area contributed by atoms with Gasteiger partial charge in [-0.25, -0.2) is 13.6 Å². The van der Waals surface area contributed by atoms with Gasteiger partial charge in [-0.2, -0.15) is 5.10 Å². The molecule has 5 aromatic rings. The van der Waals surface area contributed by atoms with E-state index in [9.17, 15) is 18.4 Å². The van der Waals surface area contributed by atoms with Crippen molar-refractivity contribution >= 4 is 27.8 Å². The molecule has 2 aromatic carbocycles. The Morgan fingerprint density at radius 3 is 2.40 bits per heavy atom. The SMILES string of the molecule is Cn1ncc2c(-c3ccc(-n4c(=O)n(CC(=O)N5CC(F)(F)C5)c5ccccc54)cc3)cncc21. The molecule has 1 amide bonds. The number of likely N-dealkylation sites (tertiary alicyclic amines) is 1. The van der Waals surface area contributed by atoms with Crippen LogP contribution in [0, 0.1) is 0 Å². The Hall–Kier alpha value is -4.34. The molecule has 0 spiro atoms. The standard InChI is InChI=1S/C25H20F2N6O2/c1-30-22-12-28-10-18(19(22)11-29-30)16-6-8-17(9-7-16)33-21-5-3-2-4-20(21)32(24(33)35)13-23(34)31-14-25(26,27)15-31/h2-12H,13-15H2,1H3. The van der Waals surface area contributed by atoms with E-state index in [0.717, 1.165) is 26.9 Å². The monoisotopic (exact) mass is 474 g/mol. The summed E-state index contributed by atoms with van der Waals surface area (Å²) in [5, 5.41) is 5.28. The van der Waals surface area contributed by atoms with Gasteiger partial charge < -0.3 is 4.90 Å². The van der Waals surface area contributed by atoms with Crippen molar-refractivity contribution in [3.8, 4) is 16.8 Å². The van der Waals surface area contributed by atoms with Crippen molar-refractivity contribution in [3.63, 3.8) is 0 Å². The number of para-hydroxylation sites is 2. The Morgan fingerprint density at radius 1 is 0.971 bits per heavy atom. The second-order valence-electron chi connectivity index (χ2n) is 8.73. The first-order valence-corrected chi connectivity index (χ1v) is 11.0. The number of fused-ring (bicyclic) bond motifs is 2. The van der Waals surface area contributed by atoms with E-state index in [1.54, 1.807) is 41.5 Å². The zero-order chi connectivity index (χ0) is 24.3. The maximum atomic E-state index is 13.4. The van der Waals surface area contributed by atoms with Crippen LogP contribution in [0.4, 0.5) is 8.78 Å². The first-order valence-electron chi connectivity index (χ1n) is 11.0. The number of hydrogen-bond acceptors (Lipinski definition) is 4.